The van der Waals surface area contributed by atoms with Crippen LogP contribution in [0.3, 0.4) is 0 Å². The summed E-state index contributed by atoms with van der Waals surface area (Å²) in [6, 6.07) is 9.29. The summed E-state index contributed by atoms with van der Waals surface area (Å²) in [4.78, 5) is 7.93. The monoisotopic (exact) mass is 477 g/mol. The third kappa shape index (κ3) is 4.21. The summed E-state index contributed by atoms with van der Waals surface area (Å²) in [5, 5.41) is 0. The van der Waals surface area contributed by atoms with Gasteiger partial charge in [0.1, 0.15) is 17.1 Å². The molecule has 2 aromatic rings. The van der Waals surface area contributed by atoms with Crippen molar-refractivity contribution in [3.8, 4) is 11.5 Å². The van der Waals surface area contributed by atoms with Gasteiger partial charge in [0.05, 0.1) is 13.2 Å². The number of piperazine rings is 1. The van der Waals surface area contributed by atoms with Gasteiger partial charge in [-0.2, -0.15) is 0 Å². The van der Waals surface area contributed by atoms with E-state index in [4.69, 9.17) is 9.47 Å². The van der Waals surface area contributed by atoms with Crippen molar-refractivity contribution in [2.75, 3.05) is 51.3 Å². The molecule has 0 aliphatic carbocycles. The molecule has 3 aliphatic heterocycles. The van der Waals surface area contributed by atoms with Crippen LogP contribution >= 0.6 is 0 Å². The van der Waals surface area contributed by atoms with Gasteiger partial charge in [-0.3, -0.25) is 9.80 Å². The first-order valence-corrected chi connectivity index (χ1v) is 13.4. The molecule has 5 rings (SSSR count). The van der Waals surface area contributed by atoms with Crippen LogP contribution in [0.5, 0.6) is 11.5 Å². The zero-order valence-electron chi connectivity index (χ0n) is 22.8. The summed E-state index contributed by atoms with van der Waals surface area (Å²) in [5.74, 6) is 2.07. The Labute approximate surface area is 212 Å². The van der Waals surface area contributed by atoms with E-state index in [0.717, 1.165) is 37.7 Å². The maximum Gasteiger partial charge on any atom is 0.128 e. The van der Waals surface area contributed by atoms with Gasteiger partial charge >= 0.3 is 0 Å². The lowest BCUT2D eigenvalue weighted by molar-refractivity contribution is 0.0396. The third-order valence-corrected chi connectivity index (χ3v) is 8.84. The van der Waals surface area contributed by atoms with E-state index >= 15 is 0 Å². The number of likely N-dealkylation sites (tertiary alicyclic amines) is 1. The SMILES string of the molecule is COc1ccc(C(C)N2CCN(c3c(C)c(C)c4c(c3C)C(N3CCCC3)C(C)(C)O4)CC2)cc1. The molecule has 2 atom stereocenters. The summed E-state index contributed by atoms with van der Waals surface area (Å²) < 4.78 is 12.0. The maximum absolute atomic E-state index is 6.69. The van der Waals surface area contributed by atoms with E-state index in [0.29, 0.717) is 12.1 Å². The number of fused-ring (bicyclic) bond motifs is 1. The van der Waals surface area contributed by atoms with Crippen LogP contribution in [-0.2, 0) is 0 Å². The Hall–Kier alpha value is -2.24. The van der Waals surface area contributed by atoms with Crippen LogP contribution in [0.4, 0.5) is 5.69 Å². The summed E-state index contributed by atoms with van der Waals surface area (Å²) in [6.07, 6.45) is 2.60. The highest BCUT2D eigenvalue weighted by molar-refractivity contribution is 5.71. The quantitative estimate of drug-likeness (QED) is 0.542. The molecular weight excluding hydrogens is 434 g/mol. The largest absolute Gasteiger partial charge is 0.497 e. The molecule has 5 heteroatoms. The fourth-order valence-corrected chi connectivity index (χ4v) is 6.78. The predicted molar refractivity (Wildman–Crippen MR) is 144 cm³/mol. The fourth-order valence-electron chi connectivity index (χ4n) is 6.78. The molecule has 0 N–H and O–H groups in total. The Balaban J connectivity index is 1.39. The number of ether oxygens (including phenoxy) is 2. The van der Waals surface area contributed by atoms with Gasteiger partial charge in [-0.1, -0.05) is 12.1 Å². The molecule has 0 amide bonds. The number of methoxy groups -OCH3 is 1. The maximum atomic E-state index is 6.69. The van der Waals surface area contributed by atoms with Gasteiger partial charge in [-0.25, -0.2) is 0 Å². The van der Waals surface area contributed by atoms with Gasteiger partial charge in [-0.15, -0.1) is 0 Å². The summed E-state index contributed by atoms with van der Waals surface area (Å²) in [5.41, 5.74) is 8.20. The molecule has 5 nitrogen and oxygen atoms in total. The Kier molecular flexibility index (Phi) is 6.52. The van der Waals surface area contributed by atoms with Crippen molar-refractivity contribution in [1.82, 2.24) is 9.80 Å². The van der Waals surface area contributed by atoms with Crippen LogP contribution < -0.4 is 14.4 Å². The number of nitrogens with zero attached hydrogens (tertiary/aromatic N) is 3. The molecule has 0 aromatic heterocycles. The smallest absolute Gasteiger partial charge is 0.128 e. The lowest BCUT2D eigenvalue weighted by atomic mass is 9.86. The molecule has 0 radical (unpaired) electrons. The van der Waals surface area contributed by atoms with E-state index in [1.807, 2.05) is 0 Å². The van der Waals surface area contributed by atoms with E-state index in [1.165, 1.54) is 59.4 Å². The normalized spacial score (nSPS) is 23.3. The average molecular weight is 478 g/mol. The zero-order valence-corrected chi connectivity index (χ0v) is 22.8. The van der Waals surface area contributed by atoms with Gasteiger partial charge in [0.25, 0.3) is 0 Å². The van der Waals surface area contributed by atoms with Gasteiger partial charge in [0, 0.05) is 43.5 Å². The molecule has 2 unspecified atom stereocenters. The minimum absolute atomic E-state index is 0.195. The second-order valence-corrected chi connectivity index (χ2v) is 11.3. The number of hydrogen-bond acceptors (Lipinski definition) is 5. The first-order valence-electron chi connectivity index (χ1n) is 13.4. The summed E-state index contributed by atoms with van der Waals surface area (Å²) in [6.45, 7) is 20.4. The highest BCUT2D eigenvalue weighted by Gasteiger charge is 2.47. The molecule has 2 aromatic carbocycles. The first-order chi connectivity index (χ1) is 16.7. The summed E-state index contributed by atoms with van der Waals surface area (Å²) in [7, 11) is 1.72. The molecule has 0 saturated carbocycles. The number of benzene rings is 2. The van der Waals surface area contributed by atoms with Crippen molar-refractivity contribution in [3.63, 3.8) is 0 Å². The average Bonchev–Trinajstić information content (AvgIpc) is 3.48. The molecule has 35 heavy (non-hydrogen) atoms. The van der Waals surface area contributed by atoms with Crippen molar-refractivity contribution in [3.05, 3.63) is 52.1 Å². The number of rotatable bonds is 5. The van der Waals surface area contributed by atoms with E-state index in [1.54, 1.807) is 7.11 Å². The van der Waals surface area contributed by atoms with Crippen molar-refractivity contribution < 1.29 is 9.47 Å². The molecule has 0 bridgehead atoms. The predicted octanol–water partition coefficient (Wildman–Crippen LogP) is 5.81. The Morgan fingerprint density at radius 1 is 0.886 bits per heavy atom. The van der Waals surface area contributed by atoms with Crippen molar-refractivity contribution in [2.45, 2.75) is 72.1 Å². The van der Waals surface area contributed by atoms with Crippen molar-refractivity contribution in [2.24, 2.45) is 0 Å². The summed E-state index contributed by atoms with van der Waals surface area (Å²) >= 11 is 0. The number of hydrogen-bond donors (Lipinski definition) is 0. The van der Waals surface area contributed by atoms with E-state index < -0.39 is 0 Å². The fraction of sp³-hybridized carbons (Fsp3) is 0.600. The minimum Gasteiger partial charge on any atom is -0.497 e. The van der Waals surface area contributed by atoms with Crippen LogP contribution in [-0.4, -0.2) is 61.8 Å². The Morgan fingerprint density at radius 2 is 1.51 bits per heavy atom. The third-order valence-electron chi connectivity index (χ3n) is 8.84. The highest BCUT2D eigenvalue weighted by atomic mass is 16.5. The van der Waals surface area contributed by atoms with Crippen LogP contribution in [0.15, 0.2) is 24.3 Å². The molecular formula is C30H43N3O2. The van der Waals surface area contributed by atoms with Crippen molar-refractivity contribution in [1.29, 1.82) is 0 Å². The topological polar surface area (TPSA) is 28.2 Å². The van der Waals surface area contributed by atoms with Crippen LogP contribution in [0, 0.1) is 20.8 Å². The van der Waals surface area contributed by atoms with Gasteiger partial charge in [-0.05, 0) is 102 Å². The lowest BCUT2D eigenvalue weighted by Crippen LogP contribution is -2.47. The van der Waals surface area contributed by atoms with Gasteiger partial charge < -0.3 is 14.4 Å². The Bertz CT molecular complexity index is 1060. The number of anilines is 1. The molecule has 0 spiro atoms. The standard InChI is InChI=1S/C30H43N3O2/c1-20-21(2)28-26(29(30(5,6)35-28)33-14-8-9-15-33)22(3)27(20)32-18-16-31(17-19-32)23(4)24-10-12-25(34-7)13-11-24/h10-13,23,29H,8-9,14-19H2,1-7H3. The van der Waals surface area contributed by atoms with E-state index in [9.17, 15) is 0 Å². The molecule has 2 saturated heterocycles. The lowest BCUT2D eigenvalue weighted by Gasteiger charge is -2.41. The van der Waals surface area contributed by atoms with E-state index in [-0.39, 0.29) is 5.60 Å². The second-order valence-electron chi connectivity index (χ2n) is 11.3. The Morgan fingerprint density at radius 3 is 2.11 bits per heavy atom. The van der Waals surface area contributed by atoms with Crippen LogP contribution in [0.2, 0.25) is 0 Å². The van der Waals surface area contributed by atoms with Crippen LogP contribution in [0.1, 0.15) is 73.5 Å². The van der Waals surface area contributed by atoms with Gasteiger partial charge in [0.15, 0.2) is 0 Å². The van der Waals surface area contributed by atoms with E-state index in [2.05, 4.69) is 80.5 Å². The first kappa shape index (κ1) is 24.5. The second kappa shape index (κ2) is 9.33. The minimum atomic E-state index is -0.195. The molecule has 2 fully saturated rings. The molecule has 3 aliphatic rings. The van der Waals surface area contributed by atoms with Crippen molar-refractivity contribution >= 4 is 5.69 Å². The van der Waals surface area contributed by atoms with Crippen LogP contribution in [0.25, 0.3) is 0 Å². The molecule has 190 valence electrons. The highest BCUT2D eigenvalue weighted by Crippen LogP contribution is 2.53. The van der Waals surface area contributed by atoms with Gasteiger partial charge in [0.2, 0.25) is 0 Å². The molecule has 3 heterocycles. The zero-order chi connectivity index (χ0) is 24.9.